The van der Waals surface area contributed by atoms with Crippen molar-refractivity contribution in [2.75, 3.05) is 13.6 Å². The normalized spacial score (nSPS) is 9.86. The molecule has 2 amide bonds. The van der Waals surface area contributed by atoms with Crippen LogP contribution in [0.3, 0.4) is 0 Å². The average Bonchev–Trinajstić information content (AvgIpc) is 2.64. The maximum absolute atomic E-state index is 11.5. The number of hydrogen-bond acceptors (Lipinski definition) is 3. The van der Waals surface area contributed by atoms with Crippen molar-refractivity contribution in [1.82, 2.24) is 15.1 Å². The number of carbonyl (C=O) groups is 2. The zero-order valence-electron chi connectivity index (χ0n) is 8.07. The minimum Gasteiger partial charge on any atom is -0.364 e. The zero-order chi connectivity index (χ0) is 10.7. The third kappa shape index (κ3) is 1.90. The van der Waals surface area contributed by atoms with Gasteiger partial charge in [-0.2, -0.15) is 5.10 Å². The van der Waals surface area contributed by atoms with Crippen molar-refractivity contribution >= 4 is 11.8 Å². The van der Waals surface area contributed by atoms with Gasteiger partial charge in [0.05, 0.1) is 0 Å². The van der Waals surface area contributed by atoms with E-state index in [-0.39, 0.29) is 17.3 Å². The van der Waals surface area contributed by atoms with Gasteiger partial charge in [-0.1, -0.05) is 0 Å². The van der Waals surface area contributed by atoms with E-state index in [4.69, 9.17) is 5.73 Å². The third-order valence-corrected chi connectivity index (χ3v) is 1.88. The van der Waals surface area contributed by atoms with Crippen molar-refractivity contribution in [2.24, 2.45) is 5.73 Å². The zero-order valence-corrected chi connectivity index (χ0v) is 8.07. The first-order chi connectivity index (χ1) is 6.56. The van der Waals surface area contributed by atoms with Crippen molar-refractivity contribution in [3.8, 4) is 0 Å². The second-order valence-electron chi connectivity index (χ2n) is 2.85. The fraction of sp³-hybridized carbons (Fsp3) is 0.375. The topological polar surface area (TPSA) is 92.1 Å². The second-order valence-corrected chi connectivity index (χ2v) is 2.85. The van der Waals surface area contributed by atoms with Gasteiger partial charge in [0.15, 0.2) is 5.69 Å². The monoisotopic (exact) mass is 196 g/mol. The molecule has 0 aliphatic carbocycles. The minimum absolute atomic E-state index is 0.0675. The molecule has 76 valence electrons. The molecule has 3 N–H and O–H groups in total. The molecule has 0 atom stereocenters. The molecule has 1 rings (SSSR count). The molecule has 0 fully saturated rings. The number of H-pyrrole nitrogens is 1. The van der Waals surface area contributed by atoms with Crippen LogP contribution in [0.4, 0.5) is 0 Å². The lowest BCUT2D eigenvalue weighted by atomic mass is 10.3. The van der Waals surface area contributed by atoms with Crippen molar-refractivity contribution in [3.05, 3.63) is 17.5 Å². The Morgan fingerprint density at radius 1 is 1.64 bits per heavy atom. The standard InChI is InChI=1S/C8H12N4O2/c1-3-12(2)8(14)6-4-5(7(9)13)10-11-6/h4H,3H2,1-2H3,(H2,9,13)(H,10,11). The molecule has 6 nitrogen and oxygen atoms in total. The fourth-order valence-corrected chi connectivity index (χ4v) is 0.907. The highest BCUT2D eigenvalue weighted by molar-refractivity contribution is 5.96. The van der Waals surface area contributed by atoms with Crippen LogP contribution in [0.2, 0.25) is 0 Å². The first-order valence-corrected chi connectivity index (χ1v) is 4.17. The van der Waals surface area contributed by atoms with E-state index in [0.717, 1.165) is 0 Å². The Labute approximate surface area is 81.1 Å². The molecule has 0 aliphatic heterocycles. The number of carbonyl (C=O) groups excluding carboxylic acids is 2. The van der Waals surface area contributed by atoms with Crippen LogP contribution in [0.1, 0.15) is 27.9 Å². The summed E-state index contributed by atoms with van der Waals surface area (Å²) < 4.78 is 0. The predicted molar refractivity (Wildman–Crippen MR) is 49.7 cm³/mol. The van der Waals surface area contributed by atoms with Crippen LogP contribution in [-0.4, -0.2) is 40.5 Å². The Balaban J connectivity index is 2.87. The van der Waals surface area contributed by atoms with Gasteiger partial charge in [-0.05, 0) is 6.92 Å². The highest BCUT2D eigenvalue weighted by Gasteiger charge is 2.14. The summed E-state index contributed by atoms with van der Waals surface area (Å²) >= 11 is 0. The van der Waals surface area contributed by atoms with Crippen molar-refractivity contribution in [3.63, 3.8) is 0 Å². The molecule has 6 heteroatoms. The number of nitrogens with zero attached hydrogens (tertiary/aromatic N) is 2. The van der Waals surface area contributed by atoms with Crippen molar-refractivity contribution in [1.29, 1.82) is 0 Å². The third-order valence-electron chi connectivity index (χ3n) is 1.88. The van der Waals surface area contributed by atoms with E-state index in [0.29, 0.717) is 6.54 Å². The molecule has 0 aromatic carbocycles. The van der Waals surface area contributed by atoms with Crippen LogP contribution >= 0.6 is 0 Å². The van der Waals surface area contributed by atoms with E-state index in [1.54, 1.807) is 7.05 Å². The maximum Gasteiger partial charge on any atom is 0.271 e. The highest BCUT2D eigenvalue weighted by Crippen LogP contribution is 2.02. The average molecular weight is 196 g/mol. The summed E-state index contributed by atoms with van der Waals surface area (Å²) in [6, 6.07) is 1.34. The second kappa shape index (κ2) is 3.91. The van der Waals surface area contributed by atoms with E-state index in [2.05, 4.69) is 10.2 Å². The molecule has 1 aromatic rings. The Hall–Kier alpha value is -1.85. The molecule has 0 saturated heterocycles. The van der Waals surface area contributed by atoms with Crippen molar-refractivity contribution in [2.45, 2.75) is 6.92 Å². The van der Waals surface area contributed by atoms with Gasteiger partial charge in [0, 0.05) is 19.7 Å². The Morgan fingerprint density at radius 2 is 2.29 bits per heavy atom. The SMILES string of the molecule is CCN(C)C(=O)c1cc(C(N)=O)n[nH]1. The van der Waals surface area contributed by atoms with Gasteiger partial charge in [-0.15, -0.1) is 0 Å². The van der Waals surface area contributed by atoms with Gasteiger partial charge in [0.1, 0.15) is 5.69 Å². The number of rotatable bonds is 3. The molecule has 1 aromatic heterocycles. The number of nitrogens with one attached hydrogen (secondary N) is 1. The van der Waals surface area contributed by atoms with Crippen LogP contribution in [0.5, 0.6) is 0 Å². The lowest BCUT2D eigenvalue weighted by Crippen LogP contribution is -2.26. The number of nitrogens with two attached hydrogens (primary N) is 1. The predicted octanol–water partition coefficient (Wildman–Crippen LogP) is -0.399. The number of hydrogen-bond donors (Lipinski definition) is 2. The maximum atomic E-state index is 11.5. The van der Waals surface area contributed by atoms with Crippen molar-refractivity contribution < 1.29 is 9.59 Å². The van der Waals surface area contributed by atoms with Gasteiger partial charge >= 0.3 is 0 Å². The largest absolute Gasteiger partial charge is 0.364 e. The van der Waals surface area contributed by atoms with Gasteiger partial charge in [0.2, 0.25) is 0 Å². The number of aromatic nitrogens is 2. The summed E-state index contributed by atoms with van der Waals surface area (Å²) in [5.41, 5.74) is 5.32. The smallest absolute Gasteiger partial charge is 0.271 e. The summed E-state index contributed by atoms with van der Waals surface area (Å²) in [5, 5.41) is 6.07. The van der Waals surface area contributed by atoms with Crippen LogP contribution in [0, 0.1) is 0 Å². The molecular formula is C8H12N4O2. The van der Waals surface area contributed by atoms with Crippen LogP contribution in [-0.2, 0) is 0 Å². The molecule has 0 saturated carbocycles. The first kappa shape index (κ1) is 10.2. The van der Waals surface area contributed by atoms with Crippen LogP contribution in [0.15, 0.2) is 6.07 Å². The highest BCUT2D eigenvalue weighted by atomic mass is 16.2. The van der Waals surface area contributed by atoms with Gasteiger partial charge < -0.3 is 10.6 Å². The molecule has 14 heavy (non-hydrogen) atoms. The van der Waals surface area contributed by atoms with E-state index in [1.165, 1.54) is 11.0 Å². The summed E-state index contributed by atoms with van der Waals surface area (Å²) in [5.74, 6) is -0.869. The molecular weight excluding hydrogens is 184 g/mol. The van der Waals surface area contributed by atoms with Gasteiger partial charge in [-0.25, -0.2) is 0 Å². The van der Waals surface area contributed by atoms with Gasteiger partial charge in [-0.3, -0.25) is 14.7 Å². The number of aromatic amines is 1. The molecule has 0 bridgehead atoms. The summed E-state index contributed by atoms with van der Waals surface area (Å²) in [6.45, 7) is 2.44. The quantitative estimate of drug-likeness (QED) is 0.689. The Kier molecular flexibility index (Phi) is 2.85. The molecule has 1 heterocycles. The van der Waals surface area contributed by atoms with Crippen LogP contribution in [0.25, 0.3) is 0 Å². The minimum atomic E-state index is -0.653. The Bertz CT molecular complexity index is 358. The van der Waals surface area contributed by atoms with Gasteiger partial charge in [0.25, 0.3) is 11.8 Å². The summed E-state index contributed by atoms with van der Waals surface area (Å²) in [6.07, 6.45) is 0. The lowest BCUT2D eigenvalue weighted by molar-refractivity contribution is 0.0796. The Morgan fingerprint density at radius 3 is 2.71 bits per heavy atom. The number of primary amides is 1. The summed E-state index contributed by atoms with van der Waals surface area (Å²) in [7, 11) is 1.66. The molecule has 0 aliphatic rings. The lowest BCUT2D eigenvalue weighted by Gasteiger charge is -2.11. The van der Waals surface area contributed by atoms with E-state index in [9.17, 15) is 9.59 Å². The summed E-state index contributed by atoms with van der Waals surface area (Å²) in [4.78, 5) is 23.7. The fourth-order valence-electron chi connectivity index (χ4n) is 0.907. The number of amides is 2. The molecule has 0 radical (unpaired) electrons. The van der Waals surface area contributed by atoms with E-state index in [1.807, 2.05) is 6.92 Å². The molecule has 0 spiro atoms. The molecule has 0 unspecified atom stereocenters. The first-order valence-electron chi connectivity index (χ1n) is 4.17. The van der Waals surface area contributed by atoms with Crippen LogP contribution < -0.4 is 5.73 Å². The van der Waals surface area contributed by atoms with E-state index >= 15 is 0 Å². The van der Waals surface area contributed by atoms with E-state index < -0.39 is 5.91 Å².